The molecule has 0 aliphatic heterocycles. The van der Waals surface area contributed by atoms with Crippen molar-refractivity contribution in [1.29, 1.82) is 0 Å². The van der Waals surface area contributed by atoms with E-state index in [1.165, 1.54) is 0 Å². The SMILES string of the molecule is CC(C)CNC(N)=NCc1cn2ccccc2n1. The molecule has 96 valence electrons. The van der Waals surface area contributed by atoms with Crippen LogP contribution in [0.3, 0.4) is 0 Å². The quantitative estimate of drug-likeness (QED) is 0.632. The molecule has 2 aromatic heterocycles. The van der Waals surface area contributed by atoms with E-state index in [4.69, 9.17) is 5.73 Å². The molecule has 0 atom stereocenters. The molecule has 0 unspecified atom stereocenters. The number of rotatable bonds is 4. The Morgan fingerprint density at radius 3 is 3.06 bits per heavy atom. The van der Waals surface area contributed by atoms with Crippen LogP contribution in [0, 0.1) is 5.92 Å². The Bertz CT molecular complexity index is 508. The molecule has 0 fully saturated rings. The van der Waals surface area contributed by atoms with Crippen LogP contribution in [0.4, 0.5) is 0 Å². The van der Waals surface area contributed by atoms with Gasteiger partial charge in [-0.25, -0.2) is 9.98 Å². The van der Waals surface area contributed by atoms with Crippen molar-refractivity contribution in [3.63, 3.8) is 0 Å². The molecule has 0 aromatic carbocycles. The van der Waals surface area contributed by atoms with Crippen LogP contribution >= 0.6 is 0 Å². The van der Waals surface area contributed by atoms with Crippen LogP contribution in [0.1, 0.15) is 19.5 Å². The average molecular weight is 245 g/mol. The van der Waals surface area contributed by atoms with Crippen LogP contribution in [0.15, 0.2) is 35.6 Å². The maximum absolute atomic E-state index is 5.77. The van der Waals surface area contributed by atoms with Gasteiger partial charge in [0, 0.05) is 18.9 Å². The lowest BCUT2D eigenvalue weighted by atomic mass is 10.2. The van der Waals surface area contributed by atoms with E-state index in [9.17, 15) is 0 Å². The number of nitrogens with two attached hydrogens (primary N) is 1. The third-order valence-electron chi connectivity index (χ3n) is 2.52. The lowest BCUT2D eigenvalue weighted by Gasteiger charge is -2.07. The van der Waals surface area contributed by atoms with Gasteiger partial charge in [0.2, 0.25) is 0 Å². The number of aromatic nitrogens is 2. The third kappa shape index (κ3) is 3.23. The molecule has 2 aromatic rings. The molecule has 0 aliphatic carbocycles. The number of guanidine groups is 1. The molecule has 18 heavy (non-hydrogen) atoms. The summed E-state index contributed by atoms with van der Waals surface area (Å²) in [6.07, 6.45) is 3.93. The topological polar surface area (TPSA) is 67.7 Å². The second-order valence-corrected chi connectivity index (χ2v) is 4.67. The number of nitrogens with zero attached hydrogens (tertiary/aromatic N) is 3. The summed E-state index contributed by atoms with van der Waals surface area (Å²) < 4.78 is 1.97. The van der Waals surface area contributed by atoms with Crippen LogP contribution < -0.4 is 11.1 Å². The molecule has 2 rings (SSSR count). The van der Waals surface area contributed by atoms with Crippen LogP contribution in [-0.2, 0) is 6.54 Å². The Morgan fingerprint density at radius 1 is 1.50 bits per heavy atom. The first-order valence-corrected chi connectivity index (χ1v) is 6.11. The molecular formula is C13H19N5. The molecule has 0 amide bonds. The second-order valence-electron chi connectivity index (χ2n) is 4.67. The molecule has 0 spiro atoms. The maximum atomic E-state index is 5.77. The van der Waals surface area contributed by atoms with Gasteiger partial charge in [0.1, 0.15) is 5.65 Å². The minimum absolute atomic E-state index is 0.473. The average Bonchev–Trinajstić information content (AvgIpc) is 2.76. The van der Waals surface area contributed by atoms with Crippen LogP contribution in [0.2, 0.25) is 0 Å². The zero-order chi connectivity index (χ0) is 13.0. The molecule has 0 radical (unpaired) electrons. The molecular weight excluding hydrogens is 226 g/mol. The fraction of sp³-hybridized carbons (Fsp3) is 0.385. The predicted octanol–water partition coefficient (Wildman–Crippen LogP) is 1.39. The third-order valence-corrected chi connectivity index (χ3v) is 2.52. The number of hydrogen-bond donors (Lipinski definition) is 2. The molecule has 5 heteroatoms. The minimum Gasteiger partial charge on any atom is -0.370 e. The number of fused-ring (bicyclic) bond motifs is 1. The first-order chi connectivity index (χ1) is 8.65. The number of pyridine rings is 1. The van der Waals surface area contributed by atoms with E-state index in [1.54, 1.807) is 0 Å². The Morgan fingerprint density at radius 2 is 2.33 bits per heavy atom. The van der Waals surface area contributed by atoms with Crippen molar-refractivity contribution in [1.82, 2.24) is 14.7 Å². The summed E-state index contributed by atoms with van der Waals surface area (Å²) in [4.78, 5) is 8.72. The van der Waals surface area contributed by atoms with Gasteiger partial charge >= 0.3 is 0 Å². The minimum atomic E-state index is 0.473. The first kappa shape index (κ1) is 12.4. The predicted molar refractivity (Wildman–Crippen MR) is 73.4 cm³/mol. The summed E-state index contributed by atoms with van der Waals surface area (Å²) >= 11 is 0. The van der Waals surface area contributed by atoms with E-state index in [2.05, 4.69) is 29.1 Å². The van der Waals surface area contributed by atoms with E-state index in [1.807, 2.05) is 35.0 Å². The molecule has 0 saturated carbocycles. The number of aliphatic imine (C=N–C) groups is 1. The van der Waals surface area contributed by atoms with Crippen LogP contribution in [0.5, 0.6) is 0 Å². The Labute approximate surface area is 107 Å². The summed E-state index contributed by atoms with van der Waals surface area (Å²) in [7, 11) is 0. The van der Waals surface area contributed by atoms with Gasteiger partial charge in [-0.3, -0.25) is 0 Å². The van der Waals surface area contributed by atoms with E-state index in [0.717, 1.165) is 17.9 Å². The standard InChI is InChI=1S/C13H19N5/c1-10(2)7-15-13(14)16-8-11-9-18-6-4-3-5-12(18)17-11/h3-6,9-10H,7-8H2,1-2H3,(H3,14,15,16). The highest BCUT2D eigenvalue weighted by Crippen LogP contribution is 2.05. The highest BCUT2D eigenvalue weighted by Gasteiger charge is 2.00. The molecule has 0 bridgehead atoms. The van der Waals surface area contributed by atoms with Gasteiger partial charge < -0.3 is 15.5 Å². The van der Waals surface area contributed by atoms with E-state index in [0.29, 0.717) is 18.4 Å². The Balaban J connectivity index is 1.98. The van der Waals surface area contributed by atoms with Crippen molar-refractivity contribution in [3.05, 3.63) is 36.3 Å². The summed E-state index contributed by atoms with van der Waals surface area (Å²) in [6, 6.07) is 5.90. The van der Waals surface area contributed by atoms with Gasteiger partial charge in [0.05, 0.1) is 12.2 Å². The van der Waals surface area contributed by atoms with Crippen molar-refractivity contribution < 1.29 is 0 Å². The fourth-order valence-electron chi connectivity index (χ4n) is 1.59. The van der Waals surface area contributed by atoms with Gasteiger partial charge in [0.25, 0.3) is 0 Å². The smallest absolute Gasteiger partial charge is 0.188 e. The van der Waals surface area contributed by atoms with Crippen molar-refractivity contribution in [2.75, 3.05) is 6.54 Å². The molecule has 3 N–H and O–H groups in total. The van der Waals surface area contributed by atoms with Crippen LogP contribution in [0.25, 0.3) is 5.65 Å². The lowest BCUT2D eigenvalue weighted by molar-refractivity contribution is 0.621. The summed E-state index contributed by atoms with van der Waals surface area (Å²) in [5.41, 5.74) is 7.61. The molecule has 0 saturated heterocycles. The Hall–Kier alpha value is -2.04. The largest absolute Gasteiger partial charge is 0.370 e. The zero-order valence-corrected chi connectivity index (χ0v) is 10.8. The van der Waals surface area contributed by atoms with Gasteiger partial charge in [-0.2, -0.15) is 0 Å². The van der Waals surface area contributed by atoms with Gasteiger partial charge in [-0.15, -0.1) is 0 Å². The fourth-order valence-corrected chi connectivity index (χ4v) is 1.59. The van der Waals surface area contributed by atoms with E-state index >= 15 is 0 Å². The highest BCUT2D eigenvalue weighted by atomic mass is 15.1. The zero-order valence-electron chi connectivity index (χ0n) is 10.8. The van der Waals surface area contributed by atoms with Gasteiger partial charge in [-0.05, 0) is 18.1 Å². The first-order valence-electron chi connectivity index (χ1n) is 6.11. The molecule has 2 heterocycles. The monoisotopic (exact) mass is 245 g/mol. The second kappa shape index (κ2) is 5.53. The maximum Gasteiger partial charge on any atom is 0.188 e. The van der Waals surface area contributed by atoms with E-state index in [-0.39, 0.29) is 0 Å². The lowest BCUT2D eigenvalue weighted by Crippen LogP contribution is -2.34. The summed E-state index contributed by atoms with van der Waals surface area (Å²) in [5.74, 6) is 1.02. The molecule has 5 nitrogen and oxygen atoms in total. The van der Waals surface area contributed by atoms with Gasteiger partial charge in [0.15, 0.2) is 5.96 Å². The normalized spacial score (nSPS) is 12.3. The van der Waals surface area contributed by atoms with Crippen molar-refractivity contribution in [2.24, 2.45) is 16.6 Å². The highest BCUT2D eigenvalue weighted by molar-refractivity contribution is 5.77. The van der Waals surface area contributed by atoms with Crippen molar-refractivity contribution in [3.8, 4) is 0 Å². The Kier molecular flexibility index (Phi) is 3.82. The van der Waals surface area contributed by atoms with Crippen LogP contribution in [-0.4, -0.2) is 21.9 Å². The van der Waals surface area contributed by atoms with E-state index < -0.39 is 0 Å². The van der Waals surface area contributed by atoms with Crippen molar-refractivity contribution in [2.45, 2.75) is 20.4 Å². The van der Waals surface area contributed by atoms with Gasteiger partial charge in [-0.1, -0.05) is 19.9 Å². The number of nitrogens with one attached hydrogen (secondary N) is 1. The summed E-state index contributed by atoms with van der Waals surface area (Å²) in [6.45, 7) is 5.59. The number of hydrogen-bond acceptors (Lipinski definition) is 2. The van der Waals surface area contributed by atoms with Crippen molar-refractivity contribution >= 4 is 11.6 Å². The summed E-state index contributed by atoms with van der Waals surface area (Å²) in [5, 5.41) is 3.08. The molecule has 0 aliphatic rings. The number of imidazole rings is 1.